The van der Waals surface area contributed by atoms with E-state index in [1.807, 2.05) is 55.5 Å². The van der Waals surface area contributed by atoms with Crippen LogP contribution in [0.2, 0.25) is 0 Å². The molecule has 1 aromatic heterocycles. The predicted molar refractivity (Wildman–Crippen MR) is 116 cm³/mol. The van der Waals surface area contributed by atoms with Crippen LogP contribution in [0.25, 0.3) is 5.69 Å². The van der Waals surface area contributed by atoms with E-state index in [9.17, 15) is 8.42 Å². The summed E-state index contributed by atoms with van der Waals surface area (Å²) in [5, 5.41) is 4.12. The molecule has 0 saturated heterocycles. The molecule has 0 aliphatic rings. The molecule has 0 bridgehead atoms. The highest BCUT2D eigenvalue weighted by Crippen LogP contribution is 2.24. The minimum atomic E-state index is -4.04. The predicted octanol–water partition coefficient (Wildman–Crippen LogP) is 3.24. The number of hydrazine groups is 1. The minimum absolute atomic E-state index is 0.00591. The Morgan fingerprint density at radius 3 is 2.33 bits per heavy atom. The zero-order valence-electron chi connectivity index (χ0n) is 16.4. The Bertz CT molecular complexity index is 1260. The van der Waals surface area contributed by atoms with Gasteiger partial charge in [0.2, 0.25) is 0 Å². The van der Waals surface area contributed by atoms with Crippen LogP contribution in [0, 0.1) is 6.92 Å². The van der Waals surface area contributed by atoms with Crippen LogP contribution in [0.5, 0.6) is 0 Å². The number of aromatic nitrogens is 3. The summed E-state index contributed by atoms with van der Waals surface area (Å²) in [6.07, 6.45) is 1.90. The van der Waals surface area contributed by atoms with Crippen LogP contribution in [0.1, 0.15) is 16.7 Å². The Kier molecular flexibility index (Phi) is 5.35. The van der Waals surface area contributed by atoms with Crippen molar-refractivity contribution >= 4 is 16.0 Å². The van der Waals surface area contributed by atoms with Gasteiger partial charge in [-0.25, -0.2) is 5.84 Å². The second kappa shape index (κ2) is 8.10. The summed E-state index contributed by atoms with van der Waals surface area (Å²) in [6.45, 7) is 1.96. The number of sulfonamides is 1. The zero-order chi connectivity index (χ0) is 21.1. The molecule has 30 heavy (non-hydrogen) atoms. The minimum Gasteiger partial charge on any atom is -0.230 e. The molecule has 0 radical (unpaired) electrons. The Balaban J connectivity index is 1.69. The summed E-state index contributed by atoms with van der Waals surface area (Å²) in [5.41, 5.74) is 3.68. The maximum absolute atomic E-state index is 13.2. The van der Waals surface area contributed by atoms with Crippen molar-refractivity contribution in [2.45, 2.75) is 18.2 Å². The number of hydrogen-bond acceptors (Lipinski definition) is 5. The van der Waals surface area contributed by atoms with Crippen LogP contribution in [0.3, 0.4) is 0 Å². The molecule has 1 heterocycles. The second-order valence-electron chi connectivity index (χ2n) is 6.86. The van der Waals surface area contributed by atoms with Crippen molar-refractivity contribution in [1.29, 1.82) is 0 Å². The number of hydrogen-bond donors (Lipinski definition) is 1. The van der Waals surface area contributed by atoms with Crippen LogP contribution in [-0.2, 0) is 16.4 Å². The topological polar surface area (TPSA) is 94.1 Å². The van der Waals surface area contributed by atoms with Gasteiger partial charge in [0.15, 0.2) is 0 Å². The Morgan fingerprint density at radius 2 is 1.63 bits per heavy atom. The van der Waals surface area contributed by atoms with E-state index >= 15 is 0 Å². The van der Waals surface area contributed by atoms with Gasteiger partial charge in [0.05, 0.1) is 10.6 Å². The van der Waals surface area contributed by atoms with Crippen LogP contribution in [-0.4, -0.2) is 23.2 Å². The summed E-state index contributed by atoms with van der Waals surface area (Å²) in [7, 11) is -4.04. The third-order valence-corrected chi connectivity index (χ3v) is 6.37. The first-order valence-corrected chi connectivity index (χ1v) is 10.8. The van der Waals surface area contributed by atoms with Gasteiger partial charge >= 0.3 is 0 Å². The van der Waals surface area contributed by atoms with Crippen molar-refractivity contribution in [3.63, 3.8) is 0 Å². The van der Waals surface area contributed by atoms with Crippen LogP contribution >= 0.6 is 0 Å². The molecule has 0 spiro atoms. The molecule has 0 unspecified atom stereocenters. The fraction of sp³-hybridized carbons (Fsp3) is 0.0909. The number of benzene rings is 3. The number of nitrogens with two attached hydrogens (primary N) is 1. The molecule has 3 aromatic carbocycles. The smallest absolute Gasteiger partial charge is 0.230 e. The molecular weight excluding hydrogens is 398 g/mol. The molecule has 0 atom stereocenters. The molecule has 0 fully saturated rings. The van der Waals surface area contributed by atoms with Gasteiger partial charge in [0.1, 0.15) is 6.33 Å². The lowest BCUT2D eigenvalue weighted by molar-refractivity contribution is 0.590. The Hall–Kier alpha value is -3.49. The lowest BCUT2D eigenvalue weighted by atomic mass is 10.0. The van der Waals surface area contributed by atoms with Crippen molar-refractivity contribution in [2.24, 2.45) is 5.84 Å². The fourth-order valence-electron chi connectivity index (χ4n) is 3.17. The Morgan fingerprint density at radius 1 is 0.967 bits per heavy atom. The van der Waals surface area contributed by atoms with Crippen molar-refractivity contribution in [3.8, 4) is 5.69 Å². The summed E-state index contributed by atoms with van der Waals surface area (Å²) in [6, 6.07) is 24.0. The highest BCUT2D eigenvalue weighted by Gasteiger charge is 2.27. The normalized spacial score (nSPS) is 11.4. The van der Waals surface area contributed by atoms with Gasteiger partial charge in [-0.1, -0.05) is 54.6 Å². The van der Waals surface area contributed by atoms with E-state index in [2.05, 4.69) is 10.1 Å². The van der Waals surface area contributed by atoms with Gasteiger partial charge in [-0.2, -0.15) is 27.6 Å². The summed E-state index contributed by atoms with van der Waals surface area (Å²) in [4.78, 5) is 4.17. The molecule has 0 amide bonds. The molecule has 2 N–H and O–H groups in total. The highest BCUT2D eigenvalue weighted by atomic mass is 32.2. The van der Waals surface area contributed by atoms with E-state index in [-0.39, 0.29) is 10.8 Å². The molecule has 4 rings (SSSR count). The van der Waals surface area contributed by atoms with Crippen molar-refractivity contribution in [1.82, 2.24) is 14.8 Å². The van der Waals surface area contributed by atoms with E-state index in [4.69, 9.17) is 5.84 Å². The van der Waals surface area contributed by atoms with Gasteiger partial charge in [0, 0.05) is 0 Å². The first-order valence-electron chi connectivity index (χ1n) is 9.36. The van der Waals surface area contributed by atoms with E-state index in [1.165, 1.54) is 11.0 Å². The summed E-state index contributed by atoms with van der Waals surface area (Å²) >= 11 is 0. The van der Waals surface area contributed by atoms with Crippen LogP contribution < -0.4 is 10.3 Å². The quantitative estimate of drug-likeness (QED) is 0.382. The molecule has 0 aliphatic heterocycles. The number of aryl methyl sites for hydroxylation is 1. The molecule has 152 valence electrons. The van der Waals surface area contributed by atoms with Crippen molar-refractivity contribution < 1.29 is 8.42 Å². The molecule has 4 aromatic rings. The molecule has 7 nitrogen and oxygen atoms in total. The van der Waals surface area contributed by atoms with Gasteiger partial charge in [-0.05, 0) is 54.3 Å². The number of nitrogens with zero attached hydrogens (tertiary/aromatic N) is 4. The van der Waals surface area contributed by atoms with E-state index in [0.29, 0.717) is 16.5 Å². The van der Waals surface area contributed by atoms with E-state index in [0.717, 1.165) is 16.7 Å². The third kappa shape index (κ3) is 3.83. The van der Waals surface area contributed by atoms with E-state index < -0.39 is 10.0 Å². The molecule has 0 aliphatic carbocycles. The number of anilines is 1. The lowest BCUT2D eigenvalue weighted by Crippen LogP contribution is -2.39. The molecular formula is C22H21N5O2S. The van der Waals surface area contributed by atoms with Crippen molar-refractivity contribution in [3.05, 3.63) is 102 Å². The lowest BCUT2D eigenvalue weighted by Gasteiger charge is -2.19. The fourth-order valence-corrected chi connectivity index (χ4v) is 4.27. The average Bonchev–Trinajstić information content (AvgIpc) is 3.26. The summed E-state index contributed by atoms with van der Waals surface area (Å²) < 4.78 is 28.6. The Labute approximate surface area is 175 Å². The largest absolute Gasteiger partial charge is 0.280 e. The number of para-hydroxylation sites is 1. The second-order valence-corrected chi connectivity index (χ2v) is 8.67. The molecule has 0 saturated carbocycles. The summed E-state index contributed by atoms with van der Waals surface area (Å²) in [5.74, 6) is 6.06. The van der Waals surface area contributed by atoms with Gasteiger partial charge in [-0.15, -0.1) is 0 Å². The maximum atomic E-state index is 13.2. The first kappa shape index (κ1) is 19.8. The van der Waals surface area contributed by atoms with Crippen LogP contribution in [0.4, 0.5) is 5.95 Å². The first-order chi connectivity index (χ1) is 14.5. The third-order valence-electron chi connectivity index (χ3n) is 4.84. The van der Waals surface area contributed by atoms with Gasteiger partial charge in [0.25, 0.3) is 16.0 Å². The number of rotatable bonds is 6. The maximum Gasteiger partial charge on any atom is 0.280 e. The monoisotopic (exact) mass is 419 g/mol. The van der Waals surface area contributed by atoms with Gasteiger partial charge in [-0.3, -0.25) is 0 Å². The van der Waals surface area contributed by atoms with Crippen LogP contribution in [0.15, 0.2) is 90.1 Å². The SMILES string of the molecule is Cc1ccc(S(=O)(=O)N(N)c2ncnn2-c2ccccc2)cc1Cc1ccccc1. The average molecular weight is 420 g/mol. The van der Waals surface area contributed by atoms with Crippen molar-refractivity contribution in [2.75, 3.05) is 4.41 Å². The molecule has 8 heteroatoms. The van der Waals surface area contributed by atoms with E-state index in [1.54, 1.807) is 30.3 Å². The van der Waals surface area contributed by atoms with Gasteiger partial charge < -0.3 is 0 Å². The standard InChI is InChI=1S/C22H21N5O2S/c1-17-12-13-21(15-19(17)14-18-8-4-2-5-9-18)30(28,29)27(23)22-24-16-25-26(22)20-10-6-3-7-11-20/h2-13,15-16H,14,23H2,1H3. The highest BCUT2D eigenvalue weighted by molar-refractivity contribution is 7.92. The zero-order valence-corrected chi connectivity index (χ0v) is 17.2.